The smallest absolute Gasteiger partial charge is 0.475 e. The fourth-order valence-corrected chi connectivity index (χ4v) is 2.91. The summed E-state index contributed by atoms with van der Waals surface area (Å²) < 4.78 is 65.7. The summed E-state index contributed by atoms with van der Waals surface area (Å²) in [4.78, 5) is 43.4. The number of aromatic nitrogens is 3. The highest BCUT2D eigenvalue weighted by Crippen LogP contribution is 2.20. The maximum atomic E-state index is 12.8. The molecule has 0 aliphatic carbocycles. The molecule has 0 radical (unpaired) electrons. The predicted molar refractivity (Wildman–Crippen MR) is 120 cm³/mol. The molecule has 1 aliphatic heterocycles. The average molecular weight is 555 g/mol. The molecule has 0 aromatic carbocycles. The van der Waals surface area contributed by atoms with E-state index in [0.29, 0.717) is 18.2 Å². The monoisotopic (exact) mass is 555 g/mol. The van der Waals surface area contributed by atoms with E-state index < -0.39 is 24.3 Å². The number of amides is 1. The molecular weight excluding hydrogens is 528 g/mol. The number of rotatable bonds is 4. The van der Waals surface area contributed by atoms with Crippen LogP contribution in [0.2, 0.25) is 0 Å². The molecular formula is C22H27F6N5O5. The molecule has 212 valence electrons. The van der Waals surface area contributed by atoms with Gasteiger partial charge < -0.3 is 19.7 Å². The lowest BCUT2D eigenvalue weighted by Gasteiger charge is -2.23. The number of halogens is 6. The minimum Gasteiger partial charge on any atom is -0.475 e. The van der Waals surface area contributed by atoms with Gasteiger partial charge in [-0.3, -0.25) is 14.7 Å². The molecule has 1 amide bonds. The van der Waals surface area contributed by atoms with Crippen LogP contribution in [0.4, 0.5) is 26.3 Å². The van der Waals surface area contributed by atoms with Gasteiger partial charge in [0.2, 0.25) is 0 Å². The average Bonchev–Trinajstić information content (AvgIpc) is 3.05. The molecule has 0 bridgehead atoms. The Bertz CT molecular complexity index is 1050. The van der Waals surface area contributed by atoms with Gasteiger partial charge in [-0.1, -0.05) is 0 Å². The molecule has 2 aromatic rings. The number of aliphatic carboxylic acids is 2. The number of nitrogens with zero attached hydrogens (tertiary/aromatic N) is 5. The van der Waals surface area contributed by atoms with Crippen molar-refractivity contribution < 1.29 is 50.9 Å². The molecule has 0 unspecified atom stereocenters. The van der Waals surface area contributed by atoms with Gasteiger partial charge in [0.25, 0.3) is 5.91 Å². The Balaban J connectivity index is 0.000000426. The van der Waals surface area contributed by atoms with Gasteiger partial charge in [-0.25, -0.2) is 14.6 Å². The van der Waals surface area contributed by atoms with Crippen molar-refractivity contribution in [3.63, 3.8) is 0 Å². The third-order valence-electron chi connectivity index (χ3n) is 5.16. The predicted octanol–water partition coefficient (Wildman–Crippen LogP) is 3.43. The van der Waals surface area contributed by atoms with E-state index in [1.807, 2.05) is 17.3 Å². The summed E-state index contributed by atoms with van der Waals surface area (Å²) in [6.45, 7) is 7.42. The van der Waals surface area contributed by atoms with Crippen LogP contribution in [-0.2, 0) is 29.2 Å². The molecule has 0 atom stereocenters. The summed E-state index contributed by atoms with van der Waals surface area (Å²) in [6.07, 6.45) is -3.99. The second kappa shape index (κ2) is 13.7. The normalized spacial score (nSPS) is 13.5. The Labute approximate surface area is 213 Å². The van der Waals surface area contributed by atoms with Gasteiger partial charge in [-0.05, 0) is 39.4 Å². The molecule has 1 aliphatic rings. The molecule has 10 nitrogen and oxygen atoms in total. The molecule has 2 aromatic heterocycles. The number of imidazole rings is 1. The van der Waals surface area contributed by atoms with Crippen molar-refractivity contribution >= 4 is 17.8 Å². The van der Waals surface area contributed by atoms with Crippen molar-refractivity contribution in [1.82, 2.24) is 24.3 Å². The highest BCUT2D eigenvalue weighted by Gasteiger charge is 2.38. The molecule has 38 heavy (non-hydrogen) atoms. The van der Waals surface area contributed by atoms with Crippen LogP contribution in [0.3, 0.4) is 0 Å². The maximum Gasteiger partial charge on any atom is 0.490 e. The van der Waals surface area contributed by atoms with Gasteiger partial charge in [-0.15, -0.1) is 0 Å². The van der Waals surface area contributed by atoms with Gasteiger partial charge in [0.1, 0.15) is 0 Å². The quantitative estimate of drug-likeness (QED) is 0.550. The Hall–Kier alpha value is -3.69. The number of pyridine rings is 1. The Morgan fingerprint density at radius 3 is 2.05 bits per heavy atom. The third-order valence-corrected chi connectivity index (χ3v) is 5.16. The standard InChI is InChI=1S/C18H25N5O.2C2HF3O2/c1-14(2)21(3)11-16-17-12-22(8-5-9-23(17)13-20-16)18(24)15-6-4-7-19-10-15;2*3-2(4,5)1(6)7/h4,6-7,10,13-14H,5,8-9,11-12H2,1-3H3;2*(H,6,7). The largest absolute Gasteiger partial charge is 0.490 e. The van der Waals surface area contributed by atoms with Crippen LogP contribution in [0.15, 0.2) is 30.9 Å². The molecule has 0 saturated heterocycles. The lowest BCUT2D eigenvalue weighted by molar-refractivity contribution is -0.193. The number of carboxylic acid groups (broad SMARTS) is 2. The first-order chi connectivity index (χ1) is 17.4. The van der Waals surface area contributed by atoms with Gasteiger partial charge in [-0.2, -0.15) is 26.3 Å². The Kier molecular flexibility index (Phi) is 11.7. The summed E-state index contributed by atoms with van der Waals surface area (Å²) in [5.41, 5.74) is 2.86. The van der Waals surface area contributed by atoms with Gasteiger partial charge >= 0.3 is 24.3 Å². The molecule has 3 heterocycles. The molecule has 3 rings (SSSR count). The molecule has 0 spiro atoms. The summed E-state index contributed by atoms with van der Waals surface area (Å²) in [7, 11) is 2.10. The van der Waals surface area contributed by atoms with Crippen LogP contribution in [0.5, 0.6) is 0 Å². The van der Waals surface area contributed by atoms with Crippen LogP contribution in [0.25, 0.3) is 0 Å². The fourth-order valence-electron chi connectivity index (χ4n) is 2.91. The zero-order valence-electron chi connectivity index (χ0n) is 20.6. The Morgan fingerprint density at radius 1 is 1.05 bits per heavy atom. The van der Waals surface area contributed by atoms with E-state index in [-0.39, 0.29) is 5.91 Å². The van der Waals surface area contributed by atoms with Crippen LogP contribution >= 0.6 is 0 Å². The van der Waals surface area contributed by atoms with Crippen molar-refractivity contribution in [2.24, 2.45) is 0 Å². The highest BCUT2D eigenvalue weighted by atomic mass is 19.4. The number of carbonyl (C=O) groups excluding carboxylic acids is 1. The van der Waals surface area contributed by atoms with Crippen molar-refractivity contribution in [1.29, 1.82) is 0 Å². The van der Waals surface area contributed by atoms with Crippen molar-refractivity contribution in [3.8, 4) is 0 Å². The van der Waals surface area contributed by atoms with Crippen molar-refractivity contribution in [3.05, 3.63) is 47.8 Å². The van der Waals surface area contributed by atoms with Gasteiger partial charge in [0, 0.05) is 38.1 Å². The van der Waals surface area contributed by atoms with Crippen LogP contribution < -0.4 is 0 Å². The lowest BCUT2D eigenvalue weighted by atomic mass is 10.2. The first-order valence-electron chi connectivity index (χ1n) is 11.0. The zero-order chi connectivity index (χ0) is 29.3. The number of hydrogen-bond donors (Lipinski definition) is 2. The summed E-state index contributed by atoms with van der Waals surface area (Å²) >= 11 is 0. The van der Waals surface area contributed by atoms with E-state index >= 15 is 0 Å². The molecule has 0 saturated carbocycles. The minimum atomic E-state index is -5.08. The number of aryl methyl sites for hydroxylation is 1. The number of hydrogen-bond acceptors (Lipinski definition) is 6. The topological polar surface area (TPSA) is 129 Å². The van der Waals surface area contributed by atoms with Crippen LogP contribution in [-0.4, -0.2) is 84.4 Å². The van der Waals surface area contributed by atoms with Crippen LogP contribution in [0, 0.1) is 0 Å². The number of fused-ring (bicyclic) bond motifs is 1. The van der Waals surface area contributed by atoms with Gasteiger partial charge in [0.05, 0.1) is 29.8 Å². The number of alkyl halides is 6. The summed E-state index contributed by atoms with van der Waals surface area (Å²) in [5.74, 6) is -5.47. The van der Waals surface area contributed by atoms with E-state index in [1.165, 1.54) is 0 Å². The van der Waals surface area contributed by atoms with E-state index in [0.717, 1.165) is 37.4 Å². The molecule has 2 N–H and O–H groups in total. The third kappa shape index (κ3) is 10.4. The summed E-state index contributed by atoms with van der Waals surface area (Å²) in [6, 6.07) is 4.09. The second-order valence-corrected chi connectivity index (χ2v) is 8.27. The van der Waals surface area contributed by atoms with Crippen molar-refractivity contribution in [2.45, 2.75) is 58.3 Å². The number of carbonyl (C=O) groups is 3. The van der Waals surface area contributed by atoms with Gasteiger partial charge in [0.15, 0.2) is 0 Å². The summed E-state index contributed by atoms with van der Waals surface area (Å²) in [5, 5.41) is 14.2. The highest BCUT2D eigenvalue weighted by molar-refractivity contribution is 5.93. The second-order valence-electron chi connectivity index (χ2n) is 8.27. The first kappa shape index (κ1) is 32.3. The maximum absolute atomic E-state index is 12.8. The number of carboxylic acids is 2. The molecule has 16 heteroatoms. The SMILES string of the molecule is CC(C)N(C)Cc1ncn2c1CN(C(=O)c1cccnc1)CCC2.O=C(O)C(F)(F)F.O=C(O)C(F)(F)F. The first-order valence-corrected chi connectivity index (χ1v) is 11.0. The fraction of sp³-hybridized carbons (Fsp3) is 0.500. The van der Waals surface area contributed by atoms with Crippen molar-refractivity contribution in [2.75, 3.05) is 13.6 Å². The zero-order valence-corrected chi connectivity index (χ0v) is 20.6. The minimum absolute atomic E-state index is 0.0425. The lowest BCUT2D eigenvalue weighted by Crippen LogP contribution is -2.32. The van der Waals surface area contributed by atoms with E-state index in [2.05, 4.69) is 40.3 Å². The molecule has 0 fully saturated rings. The Morgan fingerprint density at radius 2 is 1.61 bits per heavy atom. The van der Waals surface area contributed by atoms with Crippen LogP contribution in [0.1, 0.15) is 42.0 Å². The van der Waals surface area contributed by atoms with E-state index in [1.54, 1.807) is 18.5 Å². The van der Waals surface area contributed by atoms with E-state index in [9.17, 15) is 31.1 Å². The van der Waals surface area contributed by atoms with E-state index in [4.69, 9.17) is 19.8 Å².